The molecule has 1 N–H and O–H groups in total. The second kappa shape index (κ2) is 4.93. The van der Waals surface area contributed by atoms with Gasteiger partial charge in [-0.2, -0.15) is 0 Å². The zero-order chi connectivity index (χ0) is 13.4. The molecular formula is C15H26N2S. The van der Waals surface area contributed by atoms with Crippen LogP contribution in [0.25, 0.3) is 0 Å². The zero-order valence-corrected chi connectivity index (χ0v) is 13.2. The maximum Gasteiger partial charge on any atom is 0.113 e. The quantitative estimate of drug-likeness (QED) is 0.890. The van der Waals surface area contributed by atoms with Crippen LogP contribution in [0.3, 0.4) is 0 Å². The number of rotatable bonds is 4. The largest absolute Gasteiger partial charge is 0.306 e. The van der Waals surface area contributed by atoms with E-state index in [1.54, 1.807) is 0 Å². The number of aryl methyl sites for hydroxylation is 2. The van der Waals surface area contributed by atoms with Gasteiger partial charge in [-0.05, 0) is 44.6 Å². The molecule has 0 amide bonds. The zero-order valence-electron chi connectivity index (χ0n) is 12.4. The number of nitrogens with zero attached hydrogens (tertiary/aromatic N) is 1. The summed E-state index contributed by atoms with van der Waals surface area (Å²) in [5, 5.41) is 5.07. The van der Waals surface area contributed by atoms with Gasteiger partial charge >= 0.3 is 0 Å². The molecule has 1 unspecified atom stereocenters. The number of aromatic nitrogens is 1. The highest BCUT2D eigenvalue weighted by molar-refractivity contribution is 7.11. The molecule has 1 aliphatic carbocycles. The molecule has 1 heterocycles. The van der Waals surface area contributed by atoms with Gasteiger partial charge in [0.2, 0.25) is 0 Å². The average molecular weight is 266 g/mol. The Hall–Kier alpha value is -0.410. The maximum absolute atomic E-state index is 4.92. The summed E-state index contributed by atoms with van der Waals surface area (Å²) in [5.41, 5.74) is 1.87. The van der Waals surface area contributed by atoms with Gasteiger partial charge in [0.25, 0.3) is 0 Å². The summed E-state index contributed by atoms with van der Waals surface area (Å²) in [6.45, 7) is 12.4. The summed E-state index contributed by atoms with van der Waals surface area (Å²) in [5.74, 6) is 0. The normalized spacial score (nSPS) is 26.7. The summed E-state index contributed by atoms with van der Waals surface area (Å²) in [6, 6.07) is 0. The molecule has 0 saturated heterocycles. The van der Waals surface area contributed by atoms with E-state index in [-0.39, 0.29) is 5.54 Å². The van der Waals surface area contributed by atoms with E-state index < -0.39 is 0 Å². The third kappa shape index (κ3) is 2.48. The molecule has 1 aliphatic rings. The minimum atomic E-state index is 0.140. The summed E-state index contributed by atoms with van der Waals surface area (Å²) in [6.07, 6.45) is 4.78. The molecule has 2 nitrogen and oxygen atoms in total. The lowest BCUT2D eigenvalue weighted by atomic mass is 9.88. The Bertz CT molecular complexity index is 422. The number of nitrogens with one attached hydrogen (secondary N) is 1. The molecule has 1 fully saturated rings. The first-order valence-corrected chi connectivity index (χ1v) is 7.96. The highest BCUT2D eigenvalue weighted by atomic mass is 32.1. The van der Waals surface area contributed by atoms with Crippen LogP contribution in [0.15, 0.2) is 0 Å². The number of hydrogen-bond acceptors (Lipinski definition) is 3. The Morgan fingerprint density at radius 1 is 1.28 bits per heavy atom. The Labute approximate surface area is 115 Å². The van der Waals surface area contributed by atoms with Gasteiger partial charge in [0, 0.05) is 4.88 Å². The van der Waals surface area contributed by atoms with E-state index in [0.717, 1.165) is 13.0 Å². The summed E-state index contributed by atoms with van der Waals surface area (Å²) >= 11 is 1.90. The third-order valence-electron chi connectivity index (χ3n) is 4.16. The fourth-order valence-corrected chi connectivity index (χ4v) is 4.45. The molecule has 3 heteroatoms. The van der Waals surface area contributed by atoms with E-state index in [0.29, 0.717) is 5.41 Å². The Morgan fingerprint density at radius 3 is 2.44 bits per heavy atom. The third-order valence-corrected chi connectivity index (χ3v) is 5.38. The molecule has 0 aromatic carbocycles. The SMILES string of the molecule is CCNC1(c2nc(CC)c(C)s2)CCC(C)(C)C1. The monoisotopic (exact) mass is 266 g/mol. The molecule has 102 valence electrons. The van der Waals surface area contributed by atoms with Gasteiger partial charge < -0.3 is 5.32 Å². The van der Waals surface area contributed by atoms with E-state index in [4.69, 9.17) is 4.98 Å². The topological polar surface area (TPSA) is 24.9 Å². The standard InChI is InChI=1S/C15H26N2S/c1-6-12-11(3)18-13(17-12)15(16-7-2)9-8-14(4,5)10-15/h16H,6-10H2,1-5H3. The van der Waals surface area contributed by atoms with Crippen LogP contribution in [-0.4, -0.2) is 11.5 Å². The van der Waals surface area contributed by atoms with Crippen LogP contribution in [-0.2, 0) is 12.0 Å². The number of thiazole rings is 1. The molecule has 0 spiro atoms. The van der Waals surface area contributed by atoms with Crippen LogP contribution in [0.2, 0.25) is 0 Å². The van der Waals surface area contributed by atoms with Crippen molar-refractivity contribution in [3.63, 3.8) is 0 Å². The lowest BCUT2D eigenvalue weighted by molar-refractivity contribution is 0.292. The van der Waals surface area contributed by atoms with Crippen LogP contribution < -0.4 is 5.32 Å². The first kappa shape index (κ1) is 14.0. The minimum absolute atomic E-state index is 0.140. The Morgan fingerprint density at radius 2 is 2.00 bits per heavy atom. The van der Waals surface area contributed by atoms with Crippen molar-refractivity contribution in [2.75, 3.05) is 6.54 Å². The molecule has 1 saturated carbocycles. The van der Waals surface area contributed by atoms with Crippen LogP contribution in [0, 0.1) is 12.3 Å². The first-order valence-electron chi connectivity index (χ1n) is 7.14. The van der Waals surface area contributed by atoms with Gasteiger partial charge in [-0.1, -0.05) is 27.7 Å². The smallest absolute Gasteiger partial charge is 0.113 e. The second-order valence-electron chi connectivity index (χ2n) is 6.33. The second-order valence-corrected chi connectivity index (χ2v) is 7.53. The predicted molar refractivity (Wildman–Crippen MR) is 79.2 cm³/mol. The van der Waals surface area contributed by atoms with Crippen molar-refractivity contribution in [3.05, 3.63) is 15.6 Å². The van der Waals surface area contributed by atoms with Crippen LogP contribution >= 0.6 is 11.3 Å². The average Bonchev–Trinajstić information content (AvgIpc) is 2.81. The van der Waals surface area contributed by atoms with Gasteiger partial charge in [0.05, 0.1) is 11.2 Å². The summed E-state index contributed by atoms with van der Waals surface area (Å²) < 4.78 is 0. The van der Waals surface area contributed by atoms with Crippen molar-refractivity contribution in [2.24, 2.45) is 5.41 Å². The Balaban J connectivity index is 2.35. The van der Waals surface area contributed by atoms with Crippen molar-refractivity contribution < 1.29 is 0 Å². The van der Waals surface area contributed by atoms with Gasteiger partial charge in [0.15, 0.2) is 0 Å². The van der Waals surface area contributed by atoms with E-state index in [9.17, 15) is 0 Å². The van der Waals surface area contributed by atoms with E-state index >= 15 is 0 Å². The van der Waals surface area contributed by atoms with Gasteiger partial charge in [-0.25, -0.2) is 4.98 Å². The maximum atomic E-state index is 4.92. The van der Waals surface area contributed by atoms with Crippen LogP contribution in [0.1, 0.15) is 62.5 Å². The molecular weight excluding hydrogens is 240 g/mol. The summed E-state index contributed by atoms with van der Waals surface area (Å²) in [7, 11) is 0. The fraction of sp³-hybridized carbons (Fsp3) is 0.800. The van der Waals surface area contributed by atoms with E-state index in [1.165, 1.54) is 34.8 Å². The van der Waals surface area contributed by atoms with E-state index in [2.05, 4.69) is 39.9 Å². The first-order chi connectivity index (χ1) is 8.42. The molecule has 0 radical (unpaired) electrons. The lowest BCUT2D eigenvalue weighted by Gasteiger charge is -2.30. The van der Waals surface area contributed by atoms with Crippen molar-refractivity contribution in [1.29, 1.82) is 0 Å². The number of hydrogen-bond donors (Lipinski definition) is 1. The van der Waals surface area contributed by atoms with Crippen molar-refractivity contribution in [1.82, 2.24) is 10.3 Å². The molecule has 2 rings (SSSR count). The lowest BCUT2D eigenvalue weighted by Crippen LogP contribution is -2.40. The van der Waals surface area contributed by atoms with Crippen molar-refractivity contribution in [2.45, 2.75) is 65.8 Å². The molecule has 1 aromatic rings. The fourth-order valence-electron chi connectivity index (χ4n) is 3.25. The Kier molecular flexibility index (Phi) is 3.84. The van der Waals surface area contributed by atoms with E-state index in [1.807, 2.05) is 11.3 Å². The molecule has 0 aliphatic heterocycles. The van der Waals surface area contributed by atoms with Crippen molar-refractivity contribution in [3.8, 4) is 0 Å². The van der Waals surface area contributed by atoms with Crippen molar-refractivity contribution >= 4 is 11.3 Å². The highest BCUT2D eigenvalue weighted by Crippen LogP contribution is 2.50. The minimum Gasteiger partial charge on any atom is -0.306 e. The molecule has 1 aromatic heterocycles. The highest BCUT2D eigenvalue weighted by Gasteiger charge is 2.45. The van der Waals surface area contributed by atoms with Gasteiger partial charge in [-0.15, -0.1) is 11.3 Å². The molecule has 0 bridgehead atoms. The predicted octanol–water partition coefficient (Wildman–Crippen LogP) is 4.03. The van der Waals surface area contributed by atoms with Gasteiger partial charge in [0.1, 0.15) is 5.01 Å². The van der Waals surface area contributed by atoms with Crippen LogP contribution in [0.5, 0.6) is 0 Å². The van der Waals surface area contributed by atoms with Crippen LogP contribution in [0.4, 0.5) is 0 Å². The summed E-state index contributed by atoms with van der Waals surface area (Å²) in [4.78, 5) is 6.32. The molecule has 18 heavy (non-hydrogen) atoms. The van der Waals surface area contributed by atoms with Gasteiger partial charge in [-0.3, -0.25) is 0 Å². The molecule has 1 atom stereocenters.